The van der Waals surface area contributed by atoms with E-state index in [0.29, 0.717) is 18.7 Å². The van der Waals surface area contributed by atoms with Gasteiger partial charge in [0.05, 0.1) is 6.04 Å². The number of alkyl halides is 5. The van der Waals surface area contributed by atoms with E-state index < -0.39 is 25.3 Å². The second kappa shape index (κ2) is 8.65. The van der Waals surface area contributed by atoms with Crippen molar-refractivity contribution >= 4 is 12.4 Å². The molecule has 1 heterocycles. The van der Waals surface area contributed by atoms with E-state index in [0.717, 1.165) is 25.2 Å². The SMILES string of the molecule is Cl.FC[C@H](c1ccc(OC(F)(F)C(F)F)cc1)N1CCNCC1. The monoisotopic (exact) mass is 360 g/mol. The number of rotatable bonds is 6. The molecule has 0 bridgehead atoms. The standard InChI is InChI=1S/C14H17F5N2O.ClH/c15-9-12(21-7-5-20-6-8-21)10-1-3-11(4-2-10)22-14(18,19)13(16)17;/h1-4,12-13,20H,5-9H2;1H/t12-;/m1./s1. The van der Waals surface area contributed by atoms with Crippen LogP contribution in [0.3, 0.4) is 0 Å². The van der Waals surface area contributed by atoms with Gasteiger partial charge in [0.1, 0.15) is 12.4 Å². The lowest BCUT2D eigenvalue weighted by atomic mass is 10.1. The predicted octanol–water partition coefficient (Wildman–Crippen LogP) is 3.26. The molecule has 9 heteroatoms. The van der Waals surface area contributed by atoms with Gasteiger partial charge in [0, 0.05) is 26.2 Å². The molecule has 0 aliphatic carbocycles. The van der Waals surface area contributed by atoms with E-state index >= 15 is 0 Å². The fraction of sp³-hybridized carbons (Fsp3) is 0.571. The summed E-state index contributed by atoms with van der Waals surface area (Å²) >= 11 is 0. The first-order chi connectivity index (χ1) is 10.4. The molecule has 1 aromatic rings. The maximum absolute atomic E-state index is 13.3. The summed E-state index contributed by atoms with van der Waals surface area (Å²) in [6.07, 6.45) is -8.45. The Kier molecular flexibility index (Phi) is 7.50. The predicted molar refractivity (Wildman–Crippen MR) is 78.4 cm³/mol. The Morgan fingerprint density at radius 3 is 2.17 bits per heavy atom. The van der Waals surface area contributed by atoms with Gasteiger partial charge in [0.15, 0.2) is 0 Å². The van der Waals surface area contributed by atoms with Crippen LogP contribution in [0, 0.1) is 0 Å². The highest BCUT2D eigenvalue weighted by atomic mass is 35.5. The highest BCUT2D eigenvalue weighted by molar-refractivity contribution is 5.85. The molecule has 1 N–H and O–H groups in total. The zero-order valence-electron chi connectivity index (χ0n) is 12.2. The number of nitrogens with zero attached hydrogens (tertiary/aromatic N) is 1. The van der Waals surface area contributed by atoms with Gasteiger partial charge in [-0.1, -0.05) is 12.1 Å². The summed E-state index contributed by atoms with van der Waals surface area (Å²) in [6.45, 7) is 2.23. The molecule has 1 aromatic carbocycles. The average molecular weight is 361 g/mol. The Balaban J connectivity index is 0.00000264. The van der Waals surface area contributed by atoms with Gasteiger partial charge >= 0.3 is 12.5 Å². The van der Waals surface area contributed by atoms with E-state index in [9.17, 15) is 22.0 Å². The van der Waals surface area contributed by atoms with Gasteiger partial charge in [-0.3, -0.25) is 4.90 Å². The molecule has 0 spiro atoms. The normalized spacial score (nSPS) is 17.7. The topological polar surface area (TPSA) is 24.5 Å². The lowest BCUT2D eigenvalue weighted by Crippen LogP contribution is -2.45. The maximum atomic E-state index is 13.3. The quantitative estimate of drug-likeness (QED) is 0.788. The Morgan fingerprint density at radius 2 is 1.70 bits per heavy atom. The van der Waals surface area contributed by atoms with E-state index in [1.165, 1.54) is 12.1 Å². The summed E-state index contributed by atoms with van der Waals surface area (Å²) in [4.78, 5) is 1.94. The molecule has 0 unspecified atom stereocenters. The van der Waals surface area contributed by atoms with Crippen LogP contribution in [0.4, 0.5) is 22.0 Å². The van der Waals surface area contributed by atoms with Crippen LogP contribution in [0.15, 0.2) is 24.3 Å². The number of hydrogen-bond acceptors (Lipinski definition) is 3. The molecule has 2 rings (SSSR count). The minimum absolute atomic E-state index is 0. The number of halogens is 6. The van der Waals surface area contributed by atoms with Crippen LogP contribution in [0.1, 0.15) is 11.6 Å². The van der Waals surface area contributed by atoms with E-state index in [4.69, 9.17) is 0 Å². The Hall–Kier alpha value is -1.12. The third-order valence-corrected chi connectivity index (χ3v) is 3.51. The van der Waals surface area contributed by atoms with Crippen molar-refractivity contribution in [2.75, 3.05) is 32.9 Å². The molecular weight excluding hydrogens is 343 g/mol. The van der Waals surface area contributed by atoms with Gasteiger partial charge in [0.25, 0.3) is 0 Å². The largest absolute Gasteiger partial charge is 0.461 e. The fourth-order valence-corrected chi connectivity index (χ4v) is 2.35. The Bertz CT molecular complexity index is 469. The summed E-state index contributed by atoms with van der Waals surface area (Å²) in [5, 5.41) is 3.15. The second-order valence-corrected chi connectivity index (χ2v) is 4.99. The molecule has 0 amide bonds. The third kappa shape index (κ3) is 5.19. The van der Waals surface area contributed by atoms with Crippen molar-refractivity contribution in [3.05, 3.63) is 29.8 Å². The molecule has 132 valence electrons. The molecular formula is C14H18ClF5N2O. The Morgan fingerprint density at radius 1 is 1.13 bits per heavy atom. The minimum atomic E-state index is -4.54. The molecule has 1 atom stereocenters. The minimum Gasteiger partial charge on any atom is -0.428 e. The average Bonchev–Trinajstić information content (AvgIpc) is 2.50. The van der Waals surface area contributed by atoms with Crippen molar-refractivity contribution in [1.29, 1.82) is 0 Å². The molecule has 1 aliphatic rings. The van der Waals surface area contributed by atoms with Gasteiger partial charge in [-0.2, -0.15) is 17.6 Å². The molecule has 0 aromatic heterocycles. The zero-order chi connectivity index (χ0) is 16.2. The van der Waals surface area contributed by atoms with Crippen LogP contribution in [-0.4, -0.2) is 50.3 Å². The van der Waals surface area contributed by atoms with Gasteiger partial charge in [-0.15, -0.1) is 12.4 Å². The highest BCUT2D eigenvalue weighted by Gasteiger charge is 2.43. The lowest BCUT2D eigenvalue weighted by Gasteiger charge is -2.33. The summed E-state index contributed by atoms with van der Waals surface area (Å²) in [5.74, 6) is -0.382. The zero-order valence-corrected chi connectivity index (χ0v) is 13.0. The highest BCUT2D eigenvalue weighted by Crippen LogP contribution is 2.29. The van der Waals surface area contributed by atoms with Gasteiger partial charge in [0.2, 0.25) is 0 Å². The fourth-order valence-electron chi connectivity index (χ4n) is 2.35. The van der Waals surface area contributed by atoms with Crippen molar-refractivity contribution < 1.29 is 26.7 Å². The molecule has 1 aliphatic heterocycles. The van der Waals surface area contributed by atoms with Gasteiger partial charge < -0.3 is 10.1 Å². The van der Waals surface area contributed by atoms with Crippen LogP contribution in [0.5, 0.6) is 5.75 Å². The van der Waals surface area contributed by atoms with E-state index in [-0.39, 0.29) is 18.2 Å². The molecule has 3 nitrogen and oxygen atoms in total. The molecule has 0 saturated carbocycles. The molecule has 1 saturated heterocycles. The number of benzene rings is 1. The summed E-state index contributed by atoms with van der Waals surface area (Å²) in [7, 11) is 0. The maximum Gasteiger partial charge on any atom is 0.461 e. The first-order valence-corrected chi connectivity index (χ1v) is 6.89. The smallest absolute Gasteiger partial charge is 0.428 e. The number of piperazine rings is 1. The van der Waals surface area contributed by atoms with Crippen LogP contribution < -0.4 is 10.1 Å². The lowest BCUT2D eigenvalue weighted by molar-refractivity contribution is -0.253. The first-order valence-electron chi connectivity index (χ1n) is 6.89. The van der Waals surface area contributed by atoms with Crippen molar-refractivity contribution in [2.45, 2.75) is 18.6 Å². The number of nitrogens with one attached hydrogen (secondary N) is 1. The van der Waals surface area contributed by atoms with E-state index in [1.807, 2.05) is 4.90 Å². The number of ether oxygens (including phenoxy) is 1. The molecule has 23 heavy (non-hydrogen) atoms. The molecule has 1 fully saturated rings. The van der Waals surface area contributed by atoms with Gasteiger partial charge in [-0.25, -0.2) is 4.39 Å². The second-order valence-electron chi connectivity index (χ2n) is 4.99. The summed E-state index contributed by atoms with van der Waals surface area (Å²) in [6, 6.07) is 4.66. The van der Waals surface area contributed by atoms with E-state index in [2.05, 4.69) is 10.1 Å². The summed E-state index contributed by atoms with van der Waals surface area (Å²) < 4.78 is 67.0. The van der Waals surface area contributed by atoms with Gasteiger partial charge in [-0.05, 0) is 17.7 Å². The summed E-state index contributed by atoms with van der Waals surface area (Å²) in [5.41, 5.74) is 0.595. The third-order valence-electron chi connectivity index (χ3n) is 3.51. The molecule has 0 radical (unpaired) electrons. The van der Waals surface area contributed by atoms with Crippen LogP contribution in [0.2, 0.25) is 0 Å². The number of hydrogen-bond donors (Lipinski definition) is 1. The van der Waals surface area contributed by atoms with Crippen molar-refractivity contribution in [3.63, 3.8) is 0 Å². The van der Waals surface area contributed by atoms with Crippen LogP contribution >= 0.6 is 12.4 Å². The van der Waals surface area contributed by atoms with Crippen molar-refractivity contribution in [1.82, 2.24) is 10.2 Å². The van der Waals surface area contributed by atoms with Crippen LogP contribution in [0.25, 0.3) is 0 Å². The van der Waals surface area contributed by atoms with Crippen LogP contribution in [-0.2, 0) is 0 Å². The van der Waals surface area contributed by atoms with Crippen molar-refractivity contribution in [2.24, 2.45) is 0 Å². The first kappa shape index (κ1) is 19.9. The Labute approximate surface area is 137 Å². The van der Waals surface area contributed by atoms with E-state index in [1.54, 1.807) is 0 Å². The van der Waals surface area contributed by atoms with Crippen molar-refractivity contribution in [3.8, 4) is 5.75 Å².